The van der Waals surface area contributed by atoms with Gasteiger partial charge in [-0.05, 0) is 30.3 Å². The van der Waals surface area contributed by atoms with E-state index in [1.807, 2.05) is 0 Å². The first-order valence-corrected chi connectivity index (χ1v) is 8.00. The smallest absolute Gasteiger partial charge is 0.454 e. The van der Waals surface area contributed by atoms with Crippen molar-refractivity contribution in [3.63, 3.8) is 0 Å². The number of alkyl halides is 5. The van der Waals surface area contributed by atoms with E-state index in [2.05, 4.69) is 19.8 Å². The van der Waals surface area contributed by atoms with Gasteiger partial charge in [0.1, 0.15) is 11.5 Å². The van der Waals surface area contributed by atoms with Crippen LogP contribution >= 0.6 is 24.0 Å². The van der Waals surface area contributed by atoms with E-state index >= 15 is 0 Å². The van der Waals surface area contributed by atoms with Crippen molar-refractivity contribution in [2.24, 2.45) is 10.7 Å². The molecule has 0 saturated carbocycles. The molecule has 3 rings (SSSR count). The Kier molecular flexibility index (Phi) is 7.75. The molecule has 0 aromatic heterocycles. The first kappa shape index (κ1) is 23.6. The minimum absolute atomic E-state index is 0. The number of nitrogens with zero attached hydrogens (tertiary/aromatic N) is 1. The van der Waals surface area contributed by atoms with Gasteiger partial charge in [0, 0.05) is 17.3 Å². The Morgan fingerprint density at radius 2 is 1.77 bits per heavy atom. The number of guanidine groups is 1. The van der Waals surface area contributed by atoms with E-state index in [1.54, 1.807) is 0 Å². The van der Waals surface area contributed by atoms with Gasteiger partial charge < -0.3 is 30.0 Å². The van der Waals surface area contributed by atoms with Crippen LogP contribution in [0.25, 0.3) is 0 Å². The molecule has 1 aliphatic rings. The maximum atomic E-state index is 12.6. The van der Waals surface area contributed by atoms with E-state index in [4.69, 9.17) is 15.2 Å². The lowest BCUT2D eigenvalue weighted by molar-refractivity contribution is -0.274. The number of nitrogens with two attached hydrogens (primary N) is 1. The van der Waals surface area contributed by atoms with Crippen LogP contribution in [0.1, 0.15) is 5.56 Å². The third kappa shape index (κ3) is 6.67. The van der Waals surface area contributed by atoms with Gasteiger partial charge >= 0.3 is 13.0 Å². The van der Waals surface area contributed by atoms with Gasteiger partial charge in [-0.3, -0.25) is 0 Å². The van der Waals surface area contributed by atoms with Gasteiger partial charge in [0.25, 0.3) is 0 Å². The van der Waals surface area contributed by atoms with Crippen LogP contribution in [0.2, 0.25) is 0 Å². The molecule has 0 spiro atoms. The number of aliphatic imine (C=N–C) groups is 1. The number of ether oxygens (including phenoxy) is 4. The summed E-state index contributed by atoms with van der Waals surface area (Å²) in [7, 11) is 0. The van der Waals surface area contributed by atoms with Crippen molar-refractivity contribution in [3.8, 4) is 23.0 Å². The van der Waals surface area contributed by atoms with Crippen molar-refractivity contribution in [1.29, 1.82) is 0 Å². The third-order valence-electron chi connectivity index (χ3n) is 3.55. The molecule has 0 amide bonds. The molecule has 0 aliphatic carbocycles. The lowest BCUT2D eigenvalue weighted by Crippen LogP contribution is -2.22. The molecule has 13 heteroatoms. The van der Waals surface area contributed by atoms with Crippen LogP contribution < -0.4 is 30.0 Å². The Bertz CT molecular complexity index is 894. The molecular weight excluding hydrogens is 532 g/mol. The standard InChI is InChI=1S/C17H14F5N3O4.HI/c18-15(19)28-12-6-14-13(26-8-27-14)5-9(12)7-24-16(23)25-10-1-3-11(4-2-10)29-17(20,21)22;/h1-6,15H,7-8H2,(H3,23,24,25);1H. The zero-order chi connectivity index (χ0) is 21.0. The minimum atomic E-state index is -4.79. The number of benzene rings is 2. The van der Waals surface area contributed by atoms with Gasteiger partial charge in [-0.1, -0.05) is 0 Å². The fourth-order valence-corrected chi connectivity index (χ4v) is 2.39. The lowest BCUT2D eigenvalue weighted by Gasteiger charge is -2.12. The fraction of sp³-hybridized carbons (Fsp3) is 0.235. The second-order valence-corrected chi connectivity index (χ2v) is 5.59. The maximum absolute atomic E-state index is 12.6. The predicted molar refractivity (Wildman–Crippen MR) is 107 cm³/mol. The number of hydrogen-bond donors (Lipinski definition) is 2. The summed E-state index contributed by atoms with van der Waals surface area (Å²) < 4.78 is 80.3. The van der Waals surface area contributed by atoms with E-state index in [9.17, 15) is 22.0 Å². The molecule has 7 nitrogen and oxygen atoms in total. The number of anilines is 1. The molecule has 0 saturated heterocycles. The highest BCUT2D eigenvalue weighted by Crippen LogP contribution is 2.39. The molecule has 164 valence electrons. The molecule has 3 N–H and O–H groups in total. The summed E-state index contributed by atoms with van der Waals surface area (Å²) in [5, 5.41) is 2.66. The second-order valence-electron chi connectivity index (χ2n) is 5.59. The van der Waals surface area contributed by atoms with Crippen LogP contribution in [0.15, 0.2) is 41.4 Å². The second kappa shape index (κ2) is 9.86. The molecule has 2 aromatic carbocycles. The molecule has 0 bridgehead atoms. The van der Waals surface area contributed by atoms with E-state index in [0.717, 1.165) is 12.1 Å². The summed E-state index contributed by atoms with van der Waals surface area (Å²) in [5.41, 5.74) is 6.35. The third-order valence-corrected chi connectivity index (χ3v) is 3.55. The van der Waals surface area contributed by atoms with E-state index in [0.29, 0.717) is 11.4 Å². The Hall–Kier alpha value is -2.71. The summed E-state index contributed by atoms with van der Waals surface area (Å²) in [6, 6.07) is 7.50. The number of rotatable bonds is 6. The zero-order valence-electron chi connectivity index (χ0n) is 14.9. The summed E-state index contributed by atoms with van der Waals surface area (Å²) in [5.74, 6) is -0.0263. The molecule has 0 fully saturated rings. The fourth-order valence-electron chi connectivity index (χ4n) is 2.39. The minimum Gasteiger partial charge on any atom is -0.454 e. The zero-order valence-corrected chi connectivity index (χ0v) is 17.2. The molecule has 30 heavy (non-hydrogen) atoms. The molecule has 1 aliphatic heterocycles. The highest BCUT2D eigenvalue weighted by Gasteiger charge is 2.31. The van der Waals surface area contributed by atoms with Crippen LogP contribution in [-0.2, 0) is 6.54 Å². The number of hydrogen-bond acceptors (Lipinski definition) is 5. The van der Waals surface area contributed by atoms with Crippen molar-refractivity contribution in [1.82, 2.24) is 0 Å². The van der Waals surface area contributed by atoms with Crippen molar-refractivity contribution >= 4 is 35.6 Å². The Morgan fingerprint density at radius 3 is 2.37 bits per heavy atom. The van der Waals surface area contributed by atoms with E-state index in [-0.39, 0.29) is 60.3 Å². The molecule has 0 unspecified atom stereocenters. The molecule has 0 atom stereocenters. The van der Waals surface area contributed by atoms with Crippen LogP contribution in [0.5, 0.6) is 23.0 Å². The van der Waals surface area contributed by atoms with Gasteiger partial charge in [-0.25, -0.2) is 4.99 Å². The highest BCUT2D eigenvalue weighted by molar-refractivity contribution is 14.0. The van der Waals surface area contributed by atoms with Crippen molar-refractivity contribution < 1.29 is 40.9 Å². The maximum Gasteiger partial charge on any atom is 0.573 e. The quantitative estimate of drug-likeness (QED) is 0.241. The average Bonchev–Trinajstić information content (AvgIpc) is 3.07. The van der Waals surface area contributed by atoms with Crippen molar-refractivity contribution in [3.05, 3.63) is 42.0 Å². The summed E-state index contributed by atoms with van der Waals surface area (Å²) in [4.78, 5) is 4.02. The highest BCUT2D eigenvalue weighted by atomic mass is 127. The average molecular weight is 547 g/mol. The van der Waals surface area contributed by atoms with E-state index in [1.165, 1.54) is 24.3 Å². The summed E-state index contributed by atoms with van der Waals surface area (Å²) in [6.45, 7) is -3.23. The number of fused-ring (bicyclic) bond motifs is 1. The molecule has 0 radical (unpaired) electrons. The van der Waals surface area contributed by atoms with Gasteiger partial charge in [0.15, 0.2) is 17.5 Å². The Labute approximate surface area is 184 Å². The lowest BCUT2D eigenvalue weighted by atomic mass is 10.1. The Morgan fingerprint density at radius 1 is 1.13 bits per heavy atom. The van der Waals surface area contributed by atoms with Crippen molar-refractivity contribution in [2.75, 3.05) is 12.1 Å². The van der Waals surface area contributed by atoms with Crippen LogP contribution in [0.4, 0.5) is 27.6 Å². The normalized spacial score (nSPS) is 13.1. The van der Waals surface area contributed by atoms with Crippen LogP contribution in [0.3, 0.4) is 0 Å². The Balaban J connectivity index is 0.00000320. The summed E-state index contributed by atoms with van der Waals surface area (Å²) >= 11 is 0. The van der Waals surface area contributed by atoms with Gasteiger partial charge in [-0.15, -0.1) is 37.1 Å². The number of nitrogens with one attached hydrogen (secondary N) is 1. The first-order chi connectivity index (χ1) is 13.7. The molecular formula is C17H15F5IN3O4. The SMILES string of the molecule is I.NC(=NCc1cc2c(cc1OC(F)F)OCO2)Nc1ccc(OC(F)(F)F)cc1. The molecule has 1 heterocycles. The first-order valence-electron chi connectivity index (χ1n) is 8.00. The summed E-state index contributed by atoms with van der Waals surface area (Å²) in [6.07, 6.45) is -4.79. The topological polar surface area (TPSA) is 87.3 Å². The number of halogens is 6. The molecule has 2 aromatic rings. The predicted octanol–water partition coefficient (Wildman–Crippen LogP) is 4.46. The van der Waals surface area contributed by atoms with Crippen LogP contribution in [-0.4, -0.2) is 25.7 Å². The van der Waals surface area contributed by atoms with E-state index < -0.39 is 18.7 Å². The van der Waals surface area contributed by atoms with Gasteiger partial charge in [0.2, 0.25) is 6.79 Å². The van der Waals surface area contributed by atoms with Gasteiger partial charge in [0.05, 0.1) is 6.54 Å². The monoisotopic (exact) mass is 547 g/mol. The van der Waals surface area contributed by atoms with Gasteiger partial charge in [-0.2, -0.15) is 8.78 Å². The van der Waals surface area contributed by atoms with Crippen LogP contribution in [0, 0.1) is 0 Å². The van der Waals surface area contributed by atoms with Crippen molar-refractivity contribution in [2.45, 2.75) is 19.5 Å². The largest absolute Gasteiger partial charge is 0.573 e.